The van der Waals surface area contributed by atoms with Crippen LogP contribution >= 0.6 is 12.2 Å². The molecule has 0 atom stereocenters. The Morgan fingerprint density at radius 3 is 2.28 bits per heavy atom. The third kappa shape index (κ3) is 5.14. The molecule has 5 heteroatoms. The zero-order valence-corrected chi connectivity index (χ0v) is 11.7. The number of nitrogens with two attached hydrogens (primary N) is 1. The molecule has 0 aliphatic rings. The van der Waals surface area contributed by atoms with Gasteiger partial charge in [-0.3, -0.25) is 4.79 Å². The van der Waals surface area contributed by atoms with Gasteiger partial charge in [0, 0.05) is 16.8 Å². The fraction of sp³-hybridized carbons (Fsp3) is 0.385. The van der Waals surface area contributed by atoms with Crippen molar-refractivity contribution in [2.24, 2.45) is 5.73 Å². The molecule has 1 aromatic carbocycles. The second kappa shape index (κ2) is 5.82. The van der Waals surface area contributed by atoms with Crippen molar-refractivity contribution in [2.45, 2.75) is 26.3 Å². The van der Waals surface area contributed by atoms with Crippen LogP contribution in [0.3, 0.4) is 0 Å². The van der Waals surface area contributed by atoms with E-state index in [1.165, 1.54) is 0 Å². The number of anilines is 1. The molecule has 0 saturated carbocycles. The summed E-state index contributed by atoms with van der Waals surface area (Å²) in [6, 6.07) is 7.34. The number of carbonyl (C=O) groups is 1. The third-order valence-electron chi connectivity index (χ3n) is 2.14. The molecule has 0 aromatic heterocycles. The van der Waals surface area contributed by atoms with Gasteiger partial charge in [-0.2, -0.15) is 0 Å². The van der Waals surface area contributed by atoms with Gasteiger partial charge in [0.05, 0.1) is 6.54 Å². The Morgan fingerprint density at radius 2 is 1.83 bits per heavy atom. The summed E-state index contributed by atoms with van der Waals surface area (Å²) in [5.41, 5.74) is 6.96. The van der Waals surface area contributed by atoms with E-state index in [1.807, 2.05) is 45.0 Å². The van der Waals surface area contributed by atoms with Crippen molar-refractivity contribution in [1.82, 2.24) is 5.32 Å². The van der Waals surface area contributed by atoms with E-state index in [9.17, 15) is 4.79 Å². The first-order chi connectivity index (χ1) is 8.28. The number of nitrogens with one attached hydrogen (secondary N) is 2. The van der Waals surface area contributed by atoms with Crippen LogP contribution in [0.4, 0.5) is 5.69 Å². The topological polar surface area (TPSA) is 67.2 Å². The van der Waals surface area contributed by atoms with Crippen molar-refractivity contribution in [2.75, 3.05) is 11.9 Å². The molecule has 1 rings (SSSR count). The molecular formula is C13H19N3OS. The zero-order chi connectivity index (χ0) is 13.8. The predicted octanol–water partition coefficient (Wildman–Crippen LogP) is 1.65. The summed E-state index contributed by atoms with van der Waals surface area (Å²) in [7, 11) is 0. The third-order valence-corrected chi connectivity index (χ3v) is 2.37. The molecule has 0 saturated heterocycles. The van der Waals surface area contributed by atoms with E-state index in [0.29, 0.717) is 4.99 Å². The SMILES string of the molecule is CC(C)(C)NC(=O)CNc1ccc(C(N)=S)cc1. The molecule has 0 heterocycles. The average molecular weight is 265 g/mol. The lowest BCUT2D eigenvalue weighted by Crippen LogP contribution is -2.43. The highest BCUT2D eigenvalue weighted by molar-refractivity contribution is 7.80. The first kappa shape index (κ1) is 14.4. The van der Waals surface area contributed by atoms with Crippen LogP contribution in [0, 0.1) is 0 Å². The van der Waals surface area contributed by atoms with E-state index in [0.717, 1.165) is 11.3 Å². The smallest absolute Gasteiger partial charge is 0.239 e. The van der Waals surface area contributed by atoms with Gasteiger partial charge in [-0.1, -0.05) is 12.2 Å². The lowest BCUT2D eigenvalue weighted by molar-refractivity contribution is -0.120. The van der Waals surface area contributed by atoms with Gasteiger partial charge in [0.15, 0.2) is 0 Å². The summed E-state index contributed by atoms with van der Waals surface area (Å²) < 4.78 is 0. The molecule has 0 radical (unpaired) electrons. The molecule has 0 aliphatic heterocycles. The quantitative estimate of drug-likeness (QED) is 0.724. The Morgan fingerprint density at radius 1 is 1.28 bits per heavy atom. The Bertz CT molecular complexity index is 435. The maximum atomic E-state index is 11.6. The lowest BCUT2D eigenvalue weighted by atomic mass is 10.1. The van der Waals surface area contributed by atoms with Crippen molar-refractivity contribution in [1.29, 1.82) is 0 Å². The first-order valence-electron chi connectivity index (χ1n) is 5.73. The zero-order valence-electron chi connectivity index (χ0n) is 10.9. The van der Waals surface area contributed by atoms with Crippen molar-refractivity contribution in [3.8, 4) is 0 Å². The van der Waals surface area contributed by atoms with Crippen LogP contribution in [0.2, 0.25) is 0 Å². The van der Waals surface area contributed by atoms with Crippen LogP contribution in [-0.4, -0.2) is 23.0 Å². The molecule has 0 fully saturated rings. The lowest BCUT2D eigenvalue weighted by Gasteiger charge is -2.20. The summed E-state index contributed by atoms with van der Waals surface area (Å²) in [5, 5.41) is 5.91. The fourth-order valence-corrected chi connectivity index (χ4v) is 1.53. The second-order valence-corrected chi connectivity index (χ2v) is 5.53. The molecule has 1 aromatic rings. The van der Waals surface area contributed by atoms with Crippen molar-refractivity contribution in [3.05, 3.63) is 29.8 Å². The minimum absolute atomic E-state index is 0.0408. The number of carbonyl (C=O) groups excluding carboxylic acids is 1. The van der Waals surface area contributed by atoms with Crippen LogP contribution in [0.1, 0.15) is 26.3 Å². The summed E-state index contributed by atoms with van der Waals surface area (Å²) in [6.07, 6.45) is 0. The second-order valence-electron chi connectivity index (χ2n) is 5.09. The van der Waals surface area contributed by atoms with Gasteiger partial charge in [0.25, 0.3) is 0 Å². The maximum Gasteiger partial charge on any atom is 0.239 e. The summed E-state index contributed by atoms with van der Waals surface area (Å²) in [4.78, 5) is 12.0. The van der Waals surface area contributed by atoms with E-state index in [-0.39, 0.29) is 18.0 Å². The Kier molecular flexibility index (Phi) is 4.67. The minimum atomic E-state index is -0.214. The average Bonchev–Trinajstić information content (AvgIpc) is 2.24. The largest absolute Gasteiger partial charge is 0.389 e. The van der Waals surface area contributed by atoms with E-state index in [2.05, 4.69) is 10.6 Å². The number of hydrogen-bond acceptors (Lipinski definition) is 3. The molecular weight excluding hydrogens is 246 g/mol. The number of thiocarbonyl (C=S) groups is 1. The normalized spacial score (nSPS) is 10.8. The highest BCUT2D eigenvalue weighted by atomic mass is 32.1. The summed E-state index contributed by atoms with van der Waals surface area (Å²) >= 11 is 4.86. The Balaban J connectivity index is 2.49. The Labute approximate surface area is 113 Å². The van der Waals surface area contributed by atoms with Crippen molar-refractivity contribution in [3.63, 3.8) is 0 Å². The number of rotatable bonds is 4. The summed E-state index contributed by atoms with van der Waals surface area (Å²) in [6.45, 7) is 6.08. The predicted molar refractivity (Wildman–Crippen MR) is 78.7 cm³/mol. The molecule has 18 heavy (non-hydrogen) atoms. The van der Waals surface area contributed by atoms with Crippen LogP contribution in [-0.2, 0) is 4.79 Å². The Hall–Kier alpha value is -1.62. The molecule has 0 bridgehead atoms. The first-order valence-corrected chi connectivity index (χ1v) is 6.13. The van der Waals surface area contributed by atoms with Gasteiger partial charge in [0.1, 0.15) is 4.99 Å². The maximum absolute atomic E-state index is 11.6. The number of hydrogen-bond donors (Lipinski definition) is 3. The van der Waals surface area contributed by atoms with Crippen LogP contribution in [0.5, 0.6) is 0 Å². The van der Waals surface area contributed by atoms with Gasteiger partial charge in [-0.05, 0) is 45.0 Å². The molecule has 4 nitrogen and oxygen atoms in total. The molecule has 0 aliphatic carbocycles. The van der Waals surface area contributed by atoms with Gasteiger partial charge < -0.3 is 16.4 Å². The highest BCUT2D eigenvalue weighted by Crippen LogP contribution is 2.09. The molecule has 98 valence electrons. The van der Waals surface area contributed by atoms with E-state index >= 15 is 0 Å². The highest BCUT2D eigenvalue weighted by Gasteiger charge is 2.12. The van der Waals surface area contributed by atoms with Crippen LogP contribution in [0.25, 0.3) is 0 Å². The van der Waals surface area contributed by atoms with Gasteiger partial charge in [-0.25, -0.2) is 0 Å². The van der Waals surface area contributed by atoms with Crippen LogP contribution in [0.15, 0.2) is 24.3 Å². The van der Waals surface area contributed by atoms with Crippen LogP contribution < -0.4 is 16.4 Å². The van der Waals surface area contributed by atoms with Gasteiger partial charge in [0.2, 0.25) is 5.91 Å². The number of benzene rings is 1. The summed E-state index contributed by atoms with van der Waals surface area (Å²) in [5.74, 6) is -0.0408. The number of amides is 1. The molecule has 0 spiro atoms. The standard InChI is InChI=1S/C13H19N3OS/c1-13(2,3)16-11(17)8-15-10-6-4-9(5-7-10)12(14)18/h4-7,15H,8H2,1-3H3,(H2,14,18)(H,16,17). The fourth-order valence-electron chi connectivity index (χ4n) is 1.40. The molecule has 4 N–H and O–H groups in total. The van der Waals surface area contributed by atoms with Crippen molar-refractivity contribution < 1.29 is 4.79 Å². The van der Waals surface area contributed by atoms with Crippen molar-refractivity contribution >= 4 is 28.8 Å². The van der Waals surface area contributed by atoms with Gasteiger partial charge >= 0.3 is 0 Å². The van der Waals surface area contributed by atoms with E-state index in [1.54, 1.807) is 0 Å². The molecule has 0 unspecified atom stereocenters. The molecule has 1 amide bonds. The van der Waals surface area contributed by atoms with E-state index < -0.39 is 0 Å². The minimum Gasteiger partial charge on any atom is -0.389 e. The van der Waals surface area contributed by atoms with E-state index in [4.69, 9.17) is 18.0 Å². The monoisotopic (exact) mass is 265 g/mol. The van der Waals surface area contributed by atoms with Gasteiger partial charge in [-0.15, -0.1) is 0 Å².